The fraction of sp³-hybridized carbons (Fsp3) is 1.00. The molecule has 0 radical (unpaired) electrons. The molecule has 0 aromatic carbocycles. The van der Waals surface area contributed by atoms with Gasteiger partial charge in [0.2, 0.25) is 0 Å². The average molecular weight is 231 g/mol. The van der Waals surface area contributed by atoms with Gasteiger partial charge in [0.15, 0.2) is 0 Å². The van der Waals surface area contributed by atoms with E-state index >= 15 is 0 Å². The molecular weight excluding hydrogens is 202 g/mol. The van der Waals surface area contributed by atoms with Gasteiger partial charge in [-0.1, -0.05) is 13.8 Å². The van der Waals surface area contributed by atoms with Gasteiger partial charge >= 0.3 is 0 Å². The van der Waals surface area contributed by atoms with E-state index in [1.807, 2.05) is 13.8 Å². The predicted molar refractivity (Wildman–Crippen MR) is 68.9 cm³/mol. The first-order chi connectivity index (χ1) is 7.83. The normalized spacial score (nSPS) is 18.0. The van der Waals surface area contributed by atoms with E-state index < -0.39 is 0 Å². The average Bonchev–Trinajstić information content (AvgIpc) is 2.34. The number of hydrogen-bond donors (Lipinski definition) is 0. The Kier molecular flexibility index (Phi) is 11.3. The monoisotopic (exact) mass is 231 g/mol. The molecule has 3 heteroatoms. The second-order valence-corrected chi connectivity index (χ2v) is 4.07. The van der Waals surface area contributed by atoms with Gasteiger partial charge in [0.05, 0.1) is 6.10 Å². The van der Waals surface area contributed by atoms with Crippen LogP contribution in [-0.2, 0) is 9.47 Å². The lowest BCUT2D eigenvalue weighted by molar-refractivity contribution is 0.00904. The molecule has 0 unspecified atom stereocenters. The summed E-state index contributed by atoms with van der Waals surface area (Å²) >= 11 is 0. The Morgan fingerprint density at radius 3 is 2.19 bits per heavy atom. The van der Waals surface area contributed by atoms with Gasteiger partial charge in [0, 0.05) is 33.4 Å². The molecule has 0 aromatic heterocycles. The molecule has 1 saturated heterocycles. The van der Waals surface area contributed by atoms with Gasteiger partial charge in [-0.2, -0.15) is 0 Å². The maximum atomic E-state index is 5.80. The Balaban J connectivity index is 0.00000106. The van der Waals surface area contributed by atoms with Crippen molar-refractivity contribution < 1.29 is 9.47 Å². The third-order valence-corrected chi connectivity index (χ3v) is 2.76. The summed E-state index contributed by atoms with van der Waals surface area (Å²) < 4.78 is 10.8. The summed E-state index contributed by atoms with van der Waals surface area (Å²) in [4.78, 5) is 2.37. The predicted octanol–water partition coefficient (Wildman–Crippen LogP) is 2.55. The third kappa shape index (κ3) is 8.08. The van der Waals surface area contributed by atoms with Gasteiger partial charge in [-0.15, -0.1) is 0 Å². The summed E-state index contributed by atoms with van der Waals surface area (Å²) in [5.41, 5.74) is 0. The lowest BCUT2D eigenvalue weighted by Gasteiger charge is -2.28. The van der Waals surface area contributed by atoms with E-state index in [-0.39, 0.29) is 0 Å². The van der Waals surface area contributed by atoms with Gasteiger partial charge in [0.25, 0.3) is 0 Å². The Morgan fingerprint density at radius 1 is 1.06 bits per heavy atom. The van der Waals surface area contributed by atoms with Gasteiger partial charge < -0.3 is 14.4 Å². The van der Waals surface area contributed by atoms with Crippen LogP contribution >= 0.6 is 0 Å². The zero-order chi connectivity index (χ0) is 12.2. The quantitative estimate of drug-likeness (QED) is 0.656. The molecule has 0 spiro atoms. The standard InChI is InChI=1S/C11H23NO2.C2H6/c1-12-7-5-11(6-8-12)14-10-4-3-9-13-2;1-2/h11H,3-10H2,1-2H3;1-2H3. The minimum Gasteiger partial charge on any atom is -0.385 e. The highest BCUT2D eigenvalue weighted by atomic mass is 16.5. The SMILES string of the molecule is CC.COCCCCOC1CCN(C)CC1. The number of unbranched alkanes of at least 4 members (excludes halogenated alkanes) is 1. The Labute approximate surface area is 101 Å². The number of ether oxygens (including phenoxy) is 2. The van der Waals surface area contributed by atoms with Crippen molar-refractivity contribution in [1.82, 2.24) is 4.90 Å². The summed E-state index contributed by atoms with van der Waals surface area (Å²) in [6, 6.07) is 0. The molecular formula is C13H29NO2. The largest absolute Gasteiger partial charge is 0.385 e. The van der Waals surface area contributed by atoms with Crippen LogP contribution in [0.4, 0.5) is 0 Å². The molecule has 98 valence electrons. The van der Waals surface area contributed by atoms with E-state index in [1.54, 1.807) is 7.11 Å². The van der Waals surface area contributed by atoms with Crippen LogP contribution in [0, 0.1) is 0 Å². The van der Waals surface area contributed by atoms with Crippen molar-refractivity contribution in [3.8, 4) is 0 Å². The number of rotatable bonds is 6. The Morgan fingerprint density at radius 2 is 1.62 bits per heavy atom. The van der Waals surface area contributed by atoms with Crippen LogP contribution in [0.1, 0.15) is 39.5 Å². The van der Waals surface area contributed by atoms with Crippen molar-refractivity contribution in [3.05, 3.63) is 0 Å². The maximum absolute atomic E-state index is 5.80. The lowest BCUT2D eigenvalue weighted by atomic mass is 10.1. The topological polar surface area (TPSA) is 21.7 Å². The van der Waals surface area contributed by atoms with Crippen molar-refractivity contribution in [1.29, 1.82) is 0 Å². The summed E-state index contributed by atoms with van der Waals surface area (Å²) in [5.74, 6) is 0. The second kappa shape index (κ2) is 11.4. The number of hydrogen-bond acceptors (Lipinski definition) is 3. The molecule has 1 rings (SSSR count). The molecule has 16 heavy (non-hydrogen) atoms. The van der Waals surface area contributed by atoms with Crippen LogP contribution in [0.3, 0.4) is 0 Å². The highest BCUT2D eigenvalue weighted by Gasteiger charge is 2.16. The summed E-state index contributed by atoms with van der Waals surface area (Å²) in [6.45, 7) is 8.12. The van der Waals surface area contributed by atoms with Gasteiger partial charge in [-0.3, -0.25) is 0 Å². The smallest absolute Gasteiger partial charge is 0.0599 e. The summed E-state index contributed by atoms with van der Waals surface area (Å²) in [5, 5.41) is 0. The lowest BCUT2D eigenvalue weighted by Crippen LogP contribution is -2.34. The first-order valence-corrected chi connectivity index (χ1v) is 6.62. The summed E-state index contributed by atoms with van der Waals surface area (Å²) in [7, 11) is 3.92. The van der Waals surface area contributed by atoms with Crippen molar-refractivity contribution in [2.75, 3.05) is 40.5 Å². The zero-order valence-corrected chi connectivity index (χ0v) is 11.5. The van der Waals surface area contributed by atoms with Crippen LogP contribution in [0.5, 0.6) is 0 Å². The van der Waals surface area contributed by atoms with Crippen LogP contribution in [-0.4, -0.2) is 51.5 Å². The van der Waals surface area contributed by atoms with E-state index in [1.165, 1.54) is 25.9 Å². The van der Waals surface area contributed by atoms with E-state index in [0.717, 1.165) is 26.1 Å². The second-order valence-electron chi connectivity index (χ2n) is 4.07. The summed E-state index contributed by atoms with van der Waals surface area (Å²) in [6.07, 6.45) is 5.14. The van der Waals surface area contributed by atoms with E-state index in [2.05, 4.69) is 11.9 Å². The number of likely N-dealkylation sites (tertiary alicyclic amines) is 1. The van der Waals surface area contributed by atoms with Crippen molar-refractivity contribution in [2.24, 2.45) is 0 Å². The first kappa shape index (κ1) is 15.9. The van der Waals surface area contributed by atoms with Gasteiger partial charge in [-0.25, -0.2) is 0 Å². The van der Waals surface area contributed by atoms with Crippen LogP contribution < -0.4 is 0 Å². The van der Waals surface area contributed by atoms with Crippen LogP contribution in [0.15, 0.2) is 0 Å². The molecule has 0 aromatic rings. The number of methoxy groups -OCH3 is 1. The van der Waals surface area contributed by atoms with Gasteiger partial charge in [0.1, 0.15) is 0 Å². The van der Waals surface area contributed by atoms with Crippen molar-refractivity contribution >= 4 is 0 Å². The number of nitrogens with zero attached hydrogens (tertiary/aromatic N) is 1. The molecule has 0 saturated carbocycles. The Bertz CT molecular complexity index is 134. The molecule has 0 amide bonds. The van der Waals surface area contributed by atoms with Crippen LogP contribution in [0.2, 0.25) is 0 Å². The first-order valence-electron chi connectivity index (χ1n) is 6.62. The van der Waals surface area contributed by atoms with Gasteiger partial charge in [-0.05, 0) is 32.7 Å². The fourth-order valence-corrected chi connectivity index (χ4v) is 1.75. The molecule has 1 heterocycles. The molecule has 1 aliphatic heterocycles. The molecule has 0 aliphatic carbocycles. The molecule has 1 aliphatic rings. The molecule has 0 atom stereocenters. The number of piperidine rings is 1. The van der Waals surface area contributed by atoms with Crippen molar-refractivity contribution in [3.63, 3.8) is 0 Å². The third-order valence-electron chi connectivity index (χ3n) is 2.76. The minimum atomic E-state index is 0.508. The zero-order valence-electron chi connectivity index (χ0n) is 11.5. The van der Waals surface area contributed by atoms with E-state index in [4.69, 9.17) is 9.47 Å². The molecule has 3 nitrogen and oxygen atoms in total. The highest BCUT2D eigenvalue weighted by Crippen LogP contribution is 2.12. The minimum absolute atomic E-state index is 0.508. The molecule has 1 fully saturated rings. The molecule has 0 N–H and O–H groups in total. The highest BCUT2D eigenvalue weighted by molar-refractivity contribution is 4.69. The van der Waals surface area contributed by atoms with Crippen LogP contribution in [0.25, 0.3) is 0 Å². The Hall–Kier alpha value is -0.120. The van der Waals surface area contributed by atoms with E-state index in [0.29, 0.717) is 6.10 Å². The fourth-order valence-electron chi connectivity index (χ4n) is 1.75. The van der Waals surface area contributed by atoms with Crippen molar-refractivity contribution in [2.45, 2.75) is 45.6 Å². The molecule has 0 bridgehead atoms. The maximum Gasteiger partial charge on any atom is 0.0599 e. The van der Waals surface area contributed by atoms with E-state index in [9.17, 15) is 0 Å².